The monoisotopic (exact) mass is 498 g/mol. The zero-order chi connectivity index (χ0) is 26.5. The van der Waals surface area contributed by atoms with Crippen LogP contribution in [-0.4, -0.2) is 62.7 Å². The van der Waals surface area contributed by atoms with Crippen LogP contribution in [0.5, 0.6) is 0 Å². The standard InChI is InChI=1S/C28H30N6O3/c1-17(2)13-23(33(4)26(36)24-30-21-11-7-8-12-22(21)32(24)3)25(35)34-16-28(14-18(34)15-29)19-9-5-6-10-20(19)31-27(28)37/h5-12,17-18,23H,13-14,16H2,1-4H3,(H,31,37)/t18-,23-,28-/m0/s1. The zero-order valence-corrected chi connectivity index (χ0v) is 21.4. The number of aromatic nitrogens is 2. The molecule has 0 radical (unpaired) electrons. The van der Waals surface area contributed by atoms with Crippen molar-refractivity contribution in [2.45, 2.75) is 44.2 Å². The normalized spacial score (nSPS) is 21.2. The fourth-order valence-electron chi connectivity index (χ4n) is 5.68. The molecule has 3 atom stereocenters. The lowest BCUT2D eigenvalue weighted by Crippen LogP contribution is -2.52. The highest BCUT2D eigenvalue weighted by Gasteiger charge is 2.56. The molecule has 2 aliphatic heterocycles. The van der Waals surface area contributed by atoms with Crippen molar-refractivity contribution in [3.63, 3.8) is 0 Å². The van der Waals surface area contributed by atoms with Crippen molar-refractivity contribution in [1.29, 1.82) is 5.26 Å². The van der Waals surface area contributed by atoms with Gasteiger partial charge in [0.1, 0.15) is 12.1 Å². The zero-order valence-electron chi connectivity index (χ0n) is 21.4. The minimum Gasteiger partial charge on any atom is -0.327 e. The van der Waals surface area contributed by atoms with Crippen molar-refractivity contribution >= 4 is 34.4 Å². The number of likely N-dealkylation sites (N-methyl/N-ethyl adjacent to an activating group) is 1. The predicted octanol–water partition coefficient (Wildman–Crippen LogP) is 3.07. The summed E-state index contributed by atoms with van der Waals surface area (Å²) in [5.74, 6) is -0.553. The third-order valence-corrected chi connectivity index (χ3v) is 7.66. The maximum Gasteiger partial charge on any atom is 0.290 e. The number of benzene rings is 2. The van der Waals surface area contributed by atoms with Crippen molar-refractivity contribution < 1.29 is 14.4 Å². The molecule has 1 spiro atoms. The second-order valence-corrected chi connectivity index (χ2v) is 10.4. The molecule has 0 saturated carbocycles. The van der Waals surface area contributed by atoms with E-state index in [1.165, 1.54) is 9.80 Å². The number of anilines is 1. The molecule has 9 nitrogen and oxygen atoms in total. The van der Waals surface area contributed by atoms with Crippen LogP contribution in [-0.2, 0) is 22.1 Å². The summed E-state index contributed by atoms with van der Waals surface area (Å²) in [5, 5.41) is 12.9. The van der Waals surface area contributed by atoms with E-state index in [0.717, 1.165) is 11.1 Å². The van der Waals surface area contributed by atoms with Gasteiger partial charge in [0, 0.05) is 32.7 Å². The first-order valence-electron chi connectivity index (χ1n) is 12.5. The van der Waals surface area contributed by atoms with Crippen LogP contribution >= 0.6 is 0 Å². The van der Waals surface area contributed by atoms with Crippen LogP contribution in [0, 0.1) is 17.2 Å². The summed E-state index contributed by atoms with van der Waals surface area (Å²) in [5.41, 5.74) is 2.06. The Morgan fingerprint density at radius 2 is 1.92 bits per heavy atom. The van der Waals surface area contributed by atoms with E-state index in [9.17, 15) is 19.6 Å². The predicted molar refractivity (Wildman–Crippen MR) is 139 cm³/mol. The molecule has 9 heteroatoms. The minimum absolute atomic E-state index is 0.0931. The molecule has 37 heavy (non-hydrogen) atoms. The van der Waals surface area contributed by atoms with Crippen LogP contribution in [0.3, 0.4) is 0 Å². The quantitative estimate of drug-likeness (QED) is 0.581. The smallest absolute Gasteiger partial charge is 0.290 e. The van der Waals surface area contributed by atoms with Crippen molar-refractivity contribution in [2.24, 2.45) is 13.0 Å². The van der Waals surface area contributed by atoms with Crippen LogP contribution < -0.4 is 5.32 Å². The van der Waals surface area contributed by atoms with Gasteiger partial charge in [0.2, 0.25) is 11.8 Å². The van der Waals surface area contributed by atoms with E-state index in [2.05, 4.69) is 16.4 Å². The average Bonchev–Trinajstić information content (AvgIpc) is 3.53. The number of aryl methyl sites for hydroxylation is 1. The van der Waals surface area contributed by atoms with Gasteiger partial charge in [0.05, 0.1) is 22.5 Å². The maximum absolute atomic E-state index is 14.1. The third kappa shape index (κ3) is 3.84. The third-order valence-electron chi connectivity index (χ3n) is 7.66. The molecule has 1 fully saturated rings. The van der Waals surface area contributed by atoms with Crippen LogP contribution in [0.15, 0.2) is 48.5 Å². The number of hydrogen-bond acceptors (Lipinski definition) is 5. The molecule has 3 amide bonds. The Kier molecular flexibility index (Phi) is 5.98. The first-order chi connectivity index (χ1) is 17.7. The summed E-state index contributed by atoms with van der Waals surface area (Å²) in [4.78, 5) is 48.3. The average molecular weight is 499 g/mol. The van der Waals surface area contributed by atoms with Crippen molar-refractivity contribution in [2.75, 3.05) is 18.9 Å². The Hall–Kier alpha value is -4.19. The Morgan fingerprint density at radius 3 is 2.62 bits per heavy atom. The number of carbonyl (C=O) groups excluding carboxylic acids is 3. The number of nitrogens with one attached hydrogen (secondary N) is 1. The number of para-hydroxylation sites is 3. The Morgan fingerprint density at radius 1 is 1.22 bits per heavy atom. The van der Waals surface area contributed by atoms with Gasteiger partial charge >= 0.3 is 0 Å². The van der Waals surface area contributed by atoms with Gasteiger partial charge in [-0.05, 0) is 36.1 Å². The first-order valence-corrected chi connectivity index (χ1v) is 12.5. The summed E-state index contributed by atoms with van der Waals surface area (Å²) in [7, 11) is 3.39. The highest BCUT2D eigenvalue weighted by atomic mass is 16.2. The SMILES string of the molecule is CC(C)C[C@@H](C(=O)N1C[C@]2(C[C@H]1C#N)C(=O)Nc1ccccc12)N(C)C(=O)c1nc2ccccc2n1C. The molecule has 190 valence electrons. The molecule has 3 aromatic rings. The van der Waals surface area contributed by atoms with Crippen LogP contribution in [0.2, 0.25) is 0 Å². The van der Waals surface area contributed by atoms with Crippen LogP contribution in [0.1, 0.15) is 42.9 Å². The number of nitriles is 1. The van der Waals surface area contributed by atoms with Crippen LogP contribution in [0.4, 0.5) is 5.69 Å². The van der Waals surface area contributed by atoms with Gasteiger partial charge in [-0.3, -0.25) is 14.4 Å². The summed E-state index contributed by atoms with van der Waals surface area (Å²) < 4.78 is 1.73. The lowest BCUT2D eigenvalue weighted by atomic mass is 9.80. The van der Waals surface area contributed by atoms with E-state index in [4.69, 9.17) is 0 Å². The molecule has 1 saturated heterocycles. The summed E-state index contributed by atoms with van der Waals surface area (Å²) >= 11 is 0. The molecule has 2 aliphatic rings. The van der Waals surface area contributed by atoms with E-state index in [-0.39, 0.29) is 42.4 Å². The number of carbonyl (C=O) groups is 3. The molecule has 0 aliphatic carbocycles. The van der Waals surface area contributed by atoms with E-state index in [1.807, 2.05) is 62.4 Å². The van der Waals surface area contributed by atoms with E-state index < -0.39 is 17.5 Å². The largest absolute Gasteiger partial charge is 0.327 e. The van der Waals surface area contributed by atoms with Gasteiger partial charge in [0.25, 0.3) is 5.91 Å². The second kappa shape index (κ2) is 9.04. The van der Waals surface area contributed by atoms with E-state index >= 15 is 0 Å². The lowest BCUT2D eigenvalue weighted by Gasteiger charge is -2.33. The molecule has 0 bridgehead atoms. The Bertz CT molecular complexity index is 1450. The van der Waals surface area contributed by atoms with E-state index in [0.29, 0.717) is 17.6 Å². The molecule has 0 unspecified atom stereocenters. The highest BCUT2D eigenvalue weighted by Crippen LogP contribution is 2.46. The van der Waals surface area contributed by atoms with Crippen molar-refractivity contribution in [1.82, 2.24) is 19.4 Å². The molecule has 1 aromatic heterocycles. The van der Waals surface area contributed by atoms with Gasteiger partial charge in [-0.25, -0.2) is 4.98 Å². The van der Waals surface area contributed by atoms with Gasteiger partial charge in [-0.2, -0.15) is 5.26 Å². The number of imidazole rings is 1. The number of amides is 3. The summed E-state index contributed by atoms with van der Waals surface area (Å²) in [6.45, 7) is 4.07. The first kappa shape index (κ1) is 24.5. The Labute approximate surface area is 215 Å². The van der Waals surface area contributed by atoms with Gasteiger partial charge in [-0.15, -0.1) is 0 Å². The number of hydrogen-bond donors (Lipinski definition) is 1. The van der Waals surface area contributed by atoms with Gasteiger partial charge in [-0.1, -0.05) is 44.2 Å². The van der Waals surface area contributed by atoms with Gasteiger partial charge in [0.15, 0.2) is 5.82 Å². The van der Waals surface area contributed by atoms with E-state index in [1.54, 1.807) is 18.7 Å². The second-order valence-electron chi connectivity index (χ2n) is 10.4. The number of likely N-dealkylation sites (tertiary alicyclic amines) is 1. The molecule has 2 aromatic carbocycles. The molecule has 1 N–H and O–H groups in total. The van der Waals surface area contributed by atoms with Crippen molar-refractivity contribution in [3.8, 4) is 6.07 Å². The van der Waals surface area contributed by atoms with Gasteiger partial charge < -0.3 is 19.7 Å². The number of nitrogens with zero attached hydrogens (tertiary/aromatic N) is 5. The summed E-state index contributed by atoms with van der Waals surface area (Å²) in [6.07, 6.45) is 0.629. The van der Waals surface area contributed by atoms with Crippen LogP contribution in [0.25, 0.3) is 11.0 Å². The number of rotatable bonds is 5. The summed E-state index contributed by atoms with van der Waals surface area (Å²) in [6, 6.07) is 15.5. The topological polar surface area (TPSA) is 111 Å². The Balaban J connectivity index is 1.48. The highest BCUT2D eigenvalue weighted by molar-refractivity contribution is 6.07. The fraction of sp³-hybridized carbons (Fsp3) is 0.393. The number of fused-ring (bicyclic) bond motifs is 3. The fourth-order valence-corrected chi connectivity index (χ4v) is 5.68. The maximum atomic E-state index is 14.1. The molecular weight excluding hydrogens is 468 g/mol. The van der Waals surface area contributed by atoms with Crippen molar-refractivity contribution in [3.05, 3.63) is 59.9 Å². The minimum atomic E-state index is -0.977. The molecular formula is C28H30N6O3. The molecule has 3 heterocycles. The lowest BCUT2D eigenvalue weighted by molar-refractivity contribution is -0.136. The molecule has 5 rings (SSSR count).